The number of ether oxygens (including phenoxy) is 2. The van der Waals surface area contributed by atoms with Crippen LogP contribution in [0.2, 0.25) is 0 Å². The highest BCUT2D eigenvalue weighted by molar-refractivity contribution is 5.81. The molecule has 0 bridgehead atoms. The topological polar surface area (TPSA) is 209 Å². The lowest BCUT2D eigenvalue weighted by Gasteiger charge is -2.17. The summed E-state index contributed by atoms with van der Waals surface area (Å²) in [5.41, 5.74) is 11.9. The molecule has 0 aliphatic carbocycles. The summed E-state index contributed by atoms with van der Waals surface area (Å²) in [4.78, 5) is 34.3. The molecule has 28 heavy (non-hydrogen) atoms. The van der Waals surface area contributed by atoms with Crippen LogP contribution in [0.4, 0.5) is 5.82 Å². The second-order valence-corrected chi connectivity index (χ2v) is 6.30. The van der Waals surface area contributed by atoms with Gasteiger partial charge in [0.25, 0.3) is 0 Å². The first-order valence-corrected chi connectivity index (χ1v) is 8.38. The first kappa shape index (κ1) is 19.9. The summed E-state index contributed by atoms with van der Waals surface area (Å²) in [7, 11) is 0. The molecule has 0 radical (unpaired) electrons. The minimum absolute atomic E-state index is 0.0877. The smallest absolute Gasteiger partial charge is 0.323 e. The summed E-state index contributed by atoms with van der Waals surface area (Å²) in [6.07, 6.45) is -2.58. The van der Waals surface area contributed by atoms with Gasteiger partial charge in [-0.15, -0.1) is 0 Å². The molecule has 0 spiro atoms. The van der Waals surface area contributed by atoms with Crippen LogP contribution in [0.5, 0.6) is 0 Å². The number of hydrogen-bond donors (Lipinski definition) is 5. The molecule has 13 nitrogen and oxygen atoms in total. The Bertz CT molecular complexity index is 874. The molecule has 3 heterocycles. The summed E-state index contributed by atoms with van der Waals surface area (Å²) < 4.78 is 12.0. The number of aliphatic hydroxyl groups is 2. The molecule has 3 rings (SSSR count). The molecule has 5 atom stereocenters. The number of aromatic nitrogens is 4. The highest BCUT2D eigenvalue weighted by atomic mass is 16.6. The van der Waals surface area contributed by atoms with Gasteiger partial charge in [-0.05, 0) is 6.42 Å². The molecule has 13 heteroatoms. The maximum atomic E-state index is 11.8. The zero-order valence-electron chi connectivity index (χ0n) is 14.6. The molecule has 0 saturated carbocycles. The molecule has 2 aromatic rings. The van der Waals surface area contributed by atoms with E-state index < -0.39 is 42.5 Å². The number of rotatable bonds is 7. The number of nitrogens with zero attached hydrogens (tertiary/aromatic N) is 4. The van der Waals surface area contributed by atoms with E-state index in [0.29, 0.717) is 11.2 Å². The highest BCUT2D eigenvalue weighted by Gasteiger charge is 2.45. The molecule has 7 N–H and O–H groups in total. The molecular weight excluding hydrogens is 376 g/mol. The Morgan fingerprint density at radius 1 is 1.29 bits per heavy atom. The average molecular weight is 396 g/mol. The Labute approximate surface area is 157 Å². The fraction of sp³-hybridized carbons (Fsp3) is 0.533. The van der Waals surface area contributed by atoms with Crippen molar-refractivity contribution in [3.05, 3.63) is 12.7 Å². The SMILES string of the molecule is Nc1ncnc2c1ncn2[C@@H]1O[C@H](COC(=O)[C@@H](N)CCC(=O)O)[C@@H](O)[C@H]1O. The molecule has 1 aliphatic rings. The number of carbonyl (C=O) groups is 2. The molecule has 0 unspecified atom stereocenters. The van der Waals surface area contributed by atoms with Gasteiger partial charge in [-0.1, -0.05) is 0 Å². The fourth-order valence-corrected chi connectivity index (χ4v) is 2.82. The minimum atomic E-state index is -1.36. The van der Waals surface area contributed by atoms with E-state index in [9.17, 15) is 19.8 Å². The van der Waals surface area contributed by atoms with Gasteiger partial charge in [0.15, 0.2) is 17.7 Å². The van der Waals surface area contributed by atoms with Crippen molar-refractivity contribution < 1.29 is 34.4 Å². The van der Waals surface area contributed by atoms with Gasteiger partial charge in [0.2, 0.25) is 0 Å². The zero-order chi connectivity index (χ0) is 20.4. The molecule has 1 aliphatic heterocycles. The Balaban J connectivity index is 1.65. The Morgan fingerprint density at radius 3 is 2.75 bits per heavy atom. The second-order valence-electron chi connectivity index (χ2n) is 6.30. The van der Waals surface area contributed by atoms with Crippen molar-refractivity contribution in [1.82, 2.24) is 19.5 Å². The third-order valence-corrected chi connectivity index (χ3v) is 4.36. The lowest BCUT2D eigenvalue weighted by atomic mass is 10.1. The number of carboxylic acids is 1. The van der Waals surface area contributed by atoms with Crippen molar-refractivity contribution in [3.8, 4) is 0 Å². The van der Waals surface area contributed by atoms with Crippen molar-refractivity contribution in [2.75, 3.05) is 12.3 Å². The first-order valence-electron chi connectivity index (χ1n) is 8.38. The maximum Gasteiger partial charge on any atom is 0.323 e. The van der Waals surface area contributed by atoms with Crippen molar-refractivity contribution in [1.29, 1.82) is 0 Å². The van der Waals surface area contributed by atoms with E-state index in [1.165, 1.54) is 17.2 Å². The largest absolute Gasteiger partial charge is 0.481 e. The van der Waals surface area contributed by atoms with Crippen molar-refractivity contribution in [3.63, 3.8) is 0 Å². The van der Waals surface area contributed by atoms with Crippen LogP contribution < -0.4 is 11.5 Å². The number of imidazole rings is 1. The van der Waals surface area contributed by atoms with E-state index >= 15 is 0 Å². The van der Waals surface area contributed by atoms with E-state index in [1.807, 2.05) is 0 Å². The predicted molar refractivity (Wildman–Crippen MR) is 91.5 cm³/mol. The number of hydrogen-bond acceptors (Lipinski definition) is 11. The summed E-state index contributed by atoms with van der Waals surface area (Å²) in [6.45, 7) is -0.377. The normalized spacial score (nSPS) is 25.7. The monoisotopic (exact) mass is 396 g/mol. The number of aliphatic hydroxyl groups excluding tert-OH is 2. The summed E-state index contributed by atoms with van der Waals surface area (Å²) >= 11 is 0. The van der Waals surface area contributed by atoms with Crippen LogP contribution in [-0.2, 0) is 19.1 Å². The molecule has 152 valence electrons. The van der Waals surface area contributed by atoms with Gasteiger partial charge in [-0.25, -0.2) is 15.0 Å². The number of carboxylic acid groups (broad SMARTS) is 1. The van der Waals surface area contributed by atoms with E-state index in [0.717, 1.165) is 0 Å². The van der Waals surface area contributed by atoms with Crippen LogP contribution in [0.3, 0.4) is 0 Å². The minimum Gasteiger partial charge on any atom is -0.481 e. The number of fused-ring (bicyclic) bond motifs is 1. The van der Waals surface area contributed by atoms with E-state index in [-0.39, 0.29) is 25.3 Å². The van der Waals surface area contributed by atoms with Gasteiger partial charge < -0.3 is 36.3 Å². The van der Waals surface area contributed by atoms with Crippen LogP contribution in [-0.4, -0.2) is 77.7 Å². The third kappa shape index (κ3) is 3.87. The third-order valence-electron chi connectivity index (χ3n) is 4.36. The predicted octanol–water partition coefficient (Wildman–Crippen LogP) is -2.24. The lowest BCUT2D eigenvalue weighted by molar-refractivity contribution is -0.152. The molecule has 0 aromatic carbocycles. The van der Waals surface area contributed by atoms with Gasteiger partial charge in [0.05, 0.1) is 6.33 Å². The maximum absolute atomic E-state index is 11.8. The van der Waals surface area contributed by atoms with Crippen LogP contribution >= 0.6 is 0 Å². The van der Waals surface area contributed by atoms with E-state index in [2.05, 4.69) is 15.0 Å². The molecule has 1 saturated heterocycles. The van der Waals surface area contributed by atoms with Crippen molar-refractivity contribution >= 4 is 28.9 Å². The van der Waals surface area contributed by atoms with Crippen LogP contribution in [0.1, 0.15) is 19.1 Å². The van der Waals surface area contributed by atoms with Gasteiger partial charge in [-0.2, -0.15) is 0 Å². The number of esters is 1. The number of carbonyl (C=O) groups excluding carboxylic acids is 1. The second kappa shape index (κ2) is 8.02. The van der Waals surface area contributed by atoms with Crippen LogP contribution in [0.25, 0.3) is 11.2 Å². The Morgan fingerprint density at radius 2 is 2.04 bits per heavy atom. The number of nitrogens with two attached hydrogens (primary N) is 2. The Kier molecular flexibility index (Phi) is 5.69. The standard InChI is InChI=1S/C15H20N6O7/c16-6(1-2-8(22)23)15(26)27-3-7-10(24)11(25)14(28-7)21-5-20-9-12(17)18-4-19-13(9)21/h4-7,10-11,14,24-25H,1-3,16H2,(H,22,23)(H2,17,18,19)/t6-,7+,10+,11+,14+/m0/s1. The number of aliphatic carboxylic acids is 1. The van der Waals surface area contributed by atoms with Crippen LogP contribution in [0, 0.1) is 0 Å². The fourth-order valence-electron chi connectivity index (χ4n) is 2.82. The molecule has 1 fully saturated rings. The summed E-state index contributed by atoms with van der Waals surface area (Å²) in [5, 5.41) is 29.1. The average Bonchev–Trinajstić information content (AvgIpc) is 3.21. The van der Waals surface area contributed by atoms with E-state index in [1.54, 1.807) is 0 Å². The van der Waals surface area contributed by atoms with Crippen molar-refractivity contribution in [2.45, 2.75) is 43.4 Å². The zero-order valence-corrected chi connectivity index (χ0v) is 14.6. The summed E-state index contributed by atoms with van der Waals surface area (Å²) in [5.74, 6) is -1.76. The quantitative estimate of drug-likeness (QED) is 0.315. The van der Waals surface area contributed by atoms with Gasteiger partial charge in [0, 0.05) is 6.42 Å². The molecule has 2 aromatic heterocycles. The highest BCUT2D eigenvalue weighted by Crippen LogP contribution is 2.32. The summed E-state index contributed by atoms with van der Waals surface area (Å²) in [6, 6.07) is -1.12. The lowest BCUT2D eigenvalue weighted by Crippen LogP contribution is -2.38. The Hall–Kier alpha value is -2.87. The van der Waals surface area contributed by atoms with Crippen molar-refractivity contribution in [2.24, 2.45) is 5.73 Å². The van der Waals surface area contributed by atoms with Gasteiger partial charge >= 0.3 is 11.9 Å². The van der Waals surface area contributed by atoms with Gasteiger partial charge in [0.1, 0.15) is 42.8 Å². The number of nitrogen functional groups attached to an aromatic ring is 1. The van der Waals surface area contributed by atoms with E-state index in [4.69, 9.17) is 26.0 Å². The molecular formula is C15H20N6O7. The first-order chi connectivity index (χ1) is 13.3. The molecule has 0 amide bonds. The van der Waals surface area contributed by atoms with Crippen LogP contribution in [0.15, 0.2) is 12.7 Å². The van der Waals surface area contributed by atoms with Gasteiger partial charge in [-0.3, -0.25) is 14.2 Å². The number of anilines is 1.